The van der Waals surface area contributed by atoms with E-state index in [0.29, 0.717) is 6.04 Å². The predicted octanol–water partition coefficient (Wildman–Crippen LogP) is 3.27. The van der Waals surface area contributed by atoms with Gasteiger partial charge in [0.2, 0.25) is 0 Å². The minimum Gasteiger partial charge on any atom is -0.326 e. The van der Waals surface area contributed by atoms with E-state index < -0.39 is 0 Å². The molecule has 1 aromatic heterocycles. The zero-order valence-electron chi connectivity index (χ0n) is 10.1. The summed E-state index contributed by atoms with van der Waals surface area (Å²) in [6.07, 6.45) is 4.15. The van der Waals surface area contributed by atoms with Crippen molar-refractivity contribution in [2.24, 2.45) is 11.7 Å². The summed E-state index contributed by atoms with van der Waals surface area (Å²) in [6.45, 7) is 3.34. The second-order valence-corrected chi connectivity index (χ2v) is 7.22. The van der Waals surface area contributed by atoms with Crippen LogP contribution >= 0.6 is 22.9 Å². The van der Waals surface area contributed by atoms with Crippen LogP contribution in [0.3, 0.4) is 0 Å². The van der Waals surface area contributed by atoms with Gasteiger partial charge in [-0.1, -0.05) is 11.6 Å². The third-order valence-corrected chi connectivity index (χ3v) is 5.49. The number of piperidine rings is 1. The third-order valence-electron chi connectivity index (χ3n) is 4.19. The molecule has 4 heteroatoms. The molecule has 94 valence electrons. The fourth-order valence-electron chi connectivity index (χ4n) is 3.52. The molecule has 3 rings (SSSR count). The molecule has 2 N–H and O–H groups in total. The van der Waals surface area contributed by atoms with Crippen molar-refractivity contribution < 1.29 is 0 Å². The first-order valence-electron chi connectivity index (χ1n) is 6.41. The lowest BCUT2D eigenvalue weighted by Crippen LogP contribution is -2.43. The van der Waals surface area contributed by atoms with Crippen LogP contribution in [0.5, 0.6) is 0 Å². The van der Waals surface area contributed by atoms with Crippen LogP contribution in [-0.4, -0.2) is 23.5 Å². The fraction of sp³-hybridized carbons (Fsp3) is 0.692. The molecule has 2 fully saturated rings. The van der Waals surface area contributed by atoms with Gasteiger partial charge in [-0.2, -0.15) is 0 Å². The molecule has 0 spiro atoms. The molecule has 2 bridgehead atoms. The molecule has 1 saturated heterocycles. The van der Waals surface area contributed by atoms with E-state index in [1.807, 2.05) is 6.07 Å². The van der Waals surface area contributed by atoms with E-state index in [9.17, 15) is 0 Å². The summed E-state index contributed by atoms with van der Waals surface area (Å²) in [6, 6.07) is 5.43. The number of hydrogen-bond donors (Lipinski definition) is 1. The molecule has 1 saturated carbocycles. The van der Waals surface area contributed by atoms with Gasteiger partial charge in [0.05, 0.1) is 10.4 Å². The van der Waals surface area contributed by atoms with Crippen LogP contribution in [0.2, 0.25) is 4.34 Å². The van der Waals surface area contributed by atoms with Gasteiger partial charge in [-0.25, -0.2) is 0 Å². The van der Waals surface area contributed by atoms with Crippen molar-refractivity contribution in [3.05, 3.63) is 21.3 Å². The molecule has 0 radical (unpaired) electrons. The van der Waals surface area contributed by atoms with Gasteiger partial charge in [-0.05, 0) is 44.2 Å². The van der Waals surface area contributed by atoms with Gasteiger partial charge in [0.15, 0.2) is 0 Å². The molecule has 0 amide bonds. The first kappa shape index (κ1) is 12.0. The number of halogens is 1. The normalized spacial score (nSPS) is 31.9. The number of thiophene rings is 1. The maximum absolute atomic E-state index is 6.21. The van der Waals surface area contributed by atoms with Crippen LogP contribution < -0.4 is 5.73 Å². The van der Waals surface area contributed by atoms with Crippen molar-refractivity contribution in [3.63, 3.8) is 0 Å². The highest BCUT2D eigenvalue weighted by Gasteiger charge is 2.42. The van der Waals surface area contributed by atoms with E-state index in [1.54, 1.807) is 11.3 Å². The lowest BCUT2D eigenvalue weighted by atomic mass is 10.0. The Morgan fingerprint density at radius 2 is 2.29 bits per heavy atom. The number of nitrogens with two attached hydrogens (primary N) is 1. The molecule has 1 aliphatic heterocycles. The monoisotopic (exact) mass is 270 g/mol. The average Bonchev–Trinajstić information content (AvgIpc) is 2.94. The van der Waals surface area contributed by atoms with Crippen molar-refractivity contribution in [3.8, 4) is 0 Å². The molecule has 4 unspecified atom stereocenters. The van der Waals surface area contributed by atoms with Gasteiger partial charge in [0.25, 0.3) is 0 Å². The van der Waals surface area contributed by atoms with Crippen molar-refractivity contribution in [2.75, 3.05) is 6.54 Å². The molecule has 17 heavy (non-hydrogen) atoms. The lowest BCUT2D eigenvalue weighted by Gasteiger charge is -2.36. The van der Waals surface area contributed by atoms with Gasteiger partial charge >= 0.3 is 0 Å². The molecular formula is C13H19ClN2S. The summed E-state index contributed by atoms with van der Waals surface area (Å²) >= 11 is 7.74. The second-order valence-electron chi connectivity index (χ2n) is 5.48. The quantitative estimate of drug-likeness (QED) is 0.913. The summed E-state index contributed by atoms with van der Waals surface area (Å²) in [5, 5.41) is 0. The SMILES string of the molecule is CC(N)C(c1ccc(Cl)s1)N1CC2CCC1C2. The van der Waals surface area contributed by atoms with Gasteiger partial charge in [0, 0.05) is 23.5 Å². The van der Waals surface area contributed by atoms with Crippen molar-refractivity contribution in [1.82, 2.24) is 4.90 Å². The zero-order valence-corrected chi connectivity index (χ0v) is 11.7. The van der Waals surface area contributed by atoms with Crippen molar-refractivity contribution in [2.45, 2.75) is 44.3 Å². The average molecular weight is 271 g/mol. The maximum atomic E-state index is 6.21. The summed E-state index contributed by atoms with van der Waals surface area (Å²) in [7, 11) is 0. The number of hydrogen-bond acceptors (Lipinski definition) is 3. The van der Waals surface area contributed by atoms with Crippen LogP contribution in [0.1, 0.15) is 37.1 Å². The molecule has 2 aliphatic rings. The molecular weight excluding hydrogens is 252 g/mol. The highest BCUT2D eigenvalue weighted by atomic mass is 35.5. The molecule has 4 atom stereocenters. The highest BCUT2D eigenvalue weighted by Crippen LogP contribution is 2.44. The van der Waals surface area contributed by atoms with Crippen LogP contribution in [-0.2, 0) is 0 Å². The molecule has 1 aliphatic carbocycles. The Bertz CT molecular complexity index is 404. The van der Waals surface area contributed by atoms with Crippen LogP contribution in [0.4, 0.5) is 0 Å². The molecule has 1 aromatic rings. The molecule has 2 nitrogen and oxygen atoms in total. The Morgan fingerprint density at radius 1 is 1.47 bits per heavy atom. The first-order valence-corrected chi connectivity index (χ1v) is 7.61. The van der Waals surface area contributed by atoms with Crippen LogP contribution in [0.15, 0.2) is 12.1 Å². The number of likely N-dealkylation sites (tertiary alicyclic amines) is 1. The van der Waals surface area contributed by atoms with Crippen molar-refractivity contribution >= 4 is 22.9 Å². The number of nitrogens with zero attached hydrogens (tertiary/aromatic N) is 1. The Hall–Kier alpha value is -0.0900. The second kappa shape index (κ2) is 4.54. The van der Waals surface area contributed by atoms with E-state index in [1.165, 1.54) is 30.7 Å². The summed E-state index contributed by atoms with van der Waals surface area (Å²) < 4.78 is 0.870. The van der Waals surface area contributed by atoms with E-state index in [4.69, 9.17) is 17.3 Å². The minimum absolute atomic E-state index is 0.170. The van der Waals surface area contributed by atoms with E-state index >= 15 is 0 Å². The highest BCUT2D eigenvalue weighted by molar-refractivity contribution is 7.16. The van der Waals surface area contributed by atoms with E-state index in [2.05, 4.69) is 17.9 Å². The smallest absolute Gasteiger partial charge is 0.0931 e. The van der Waals surface area contributed by atoms with Gasteiger partial charge < -0.3 is 5.73 Å². The Morgan fingerprint density at radius 3 is 2.76 bits per heavy atom. The van der Waals surface area contributed by atoms with Crippen molar-refractivity contribution in [1.29, 1.82) is 0 Å². The standard InChI is InChI=1S/C13H19ClN2S/c1-8(15)13(11-4-5-12(14)17-11)16-7-9-2-3-10(16)6-9/h4-5,8-10,13H,2-3,6-7,15H2,1H3. The van der Waals surface area contributed by atoms with Crippen LogP contribution in [0.25, 0.3) is 0 Å². The third kappa shape index (κ3) is 2.14. The summed E-state index contributed by atoms with van der Waals surface area (Å²) in [5.41, 5.74) is 6.21. The molecule has 0 aromatic carbocycles. The van der Waals surface area contributed by atoms with E-state index in [0.717, 1.165) is 16.3 Å². The summed E-state index contributed by atoms with van der Waals surface area (Å²) in [5.74, 6) is 0.914. The van der Waals surface area contributed by atoms with Gasteiger partial charge in [-0.3, -0.25) is 4.90 Å². The number of fused-ring (bicyclic) bond motifs is 2. The predicted molar refractivity (Wildman–Crippen MR) is 73.6 cm³/mol. The first-order chi connectivity index (χ1) is 8.15. The maximum Gasteiger partial charge on any atom is 0.0931 e. The largest absolute Gasteiger partial charge is 0.326 e. The Balaban J connectivity index is 1.86. The van der Waals surface area contributed by atoms with E-state index in [-0.39, 0.29) is 6.04 Å². The zero-order chi connectivity index (χ0) is 12.0. The Labute approximate surface area is 112 Å². The van der Waals surface area contributed by atoms with Crippen LogP contribution in [0, 0.1) is 5.92 Å². The number of rotatable bonds is 3. The molecule has 2 heterocycles. The van der Waals surface area contributed by atoms with Gasteiger partial charge in [-0.15, -0.1) is 11.3 Å². The lowest BCUT2D eigenvalue weighted by molar-refractivity contribution is 0.135. The van der Waals surface area contributed by atoms with Gasteiger partial charge in [0.1, 0.15) is 0 Å². The Kier molecular flexibility index (Phi) is 3.20. The minimum atomic E-state index is 0.170. The summed E-state index contributed by atoms with van der Waals surface area (Å²) in [4.78, 5) is 3.96. The fourth-order valence-corrected chi connectivity index (χ4v) is 4.81. The topological polar surface area (TPSA) is 29.3 Å².